The van der Waals surface area contributed by atoms with E-state index in [-0.39, 0.29) is 20.6 Å². The fourth-order valence-corrected chi connectivity index (χ4v) is 4.39. The summed E-state index contributed by atoms with van der Waals surface area (Å²) >= 11 is 7.03. The summed E-state index contributed by atoms with van der Waals surface area (Å²) in [5.74, 6) is -0.727. The van der Waals surface area contributed by atoms with Crippen molar-refractivity contribution in [2.75, 3.05) is 11.8 Å². The fourth-order valence-electron chi connectivity index (χ4n) is 2.19. The number of aryl methyl sites for hydroxylation is 1. The molecule has 0 aliphatic heterocycles. The number of anilines is 1. The summed E-state index contributed by atoms with van der Waals surface area (Å²) in [6.07, 6.45) is 0. The van der Waals surface area contributed by atoms with Crippen LogP contribution in [0.2, 0.25) is 5.02 Å². The van der Waals surface area contributed by atoms with Crippen molar-refractivity contribution in [1.29, 1.82) is 0 Å². The Morgan fingerprint density at radius 3 is 2.52 bits per heavy atom. The highest BCUT2D eigenvalue weighted by molar-refractivity contribution is 7.93. The molecule has 0 saturated heterocycles. The predicted octanol–water partition coefficient (Wildman–Crippen LogP) is 3.75. The molecule has 1 aromatic heterocycles. The first-order valence-corrected chi connectivity index (χ1v) is 10.3. The van der Waals surface area contributed by atoms with Gasteiger partial charge in [0.2, 0.25) is 5.13 Å². The molecular weight excluding hydrogens is 410 g/mol. The number of benzene rings is 2. The average molecular weight is 424 g/mol. The Labute approximate surface area is 165 Å². The van der Waals surface area contributed by atoms with Crippen molar-refractivity contribution in [2.45, 2.75) is 11.8 Å². The number of methoxy groups -OCH3 is 1. The van der Waals surface area contributed by atoms with Gasteiger partial charge in [0, 0.05) is 5.56 Å². The minimum Gasteiger partial charge on any atom is -0.465 e. The number of halogens is 1. The molecule has 0 aliphatic carbocycles. The van der Waals surface area contributed by atoms with E-state index in [1.165, 1.54) is 19.2 Å². The number of ether oxygens (including phenoxy) is 1. The first-order valence-electron chi connectivity index (χ1n) is 7.61. The topological polar surface area (TPSA) is 98.2 Å². The summed E-state index contributed by atoms with van der Waals surface area (Å²) in [6, 6.07) is 11.4. The SMILES string of the molecule is COC(=O)c1cc(S(=O)(=O)Nc2nnc(-c3ccc(C)cc3)s2)ccc1Cl. The van der Waals surface area contributed by atoms with Crippen molar-refractivity contribution in [1.82, 2.24) is 10.2 Å². The highest BCUT2D eigenvalue weighted by Crippen LogP contribution is 2.29. The van der Waals surface area contributed by atoms with Gasteiger partial charge in [0.25, 0.3) is 10.0 Å². The Bertz CT molecular complexity index is 1100. The monoisotopic (exact) mass is 423 g/mol. The van der Waals surface area contributed by atoms with Gasteiger partial charge in [0.05, 0.1) is 22.6 Å². The van der Waals surface area contributed by atoms with Crippen molar-refractivity contribution >= 4 is 44.1 Å². The highest BCUT2D eigenvalue weighted by Gasteiger charge is 2.21. The first-order chi connectivity index (χ1) is 12.8. The first kappa shape index (κ1) is 19.3. The van der Waals surface area contributed by atoms with E-state index < -0.39 is 16.0 Å². The predicted molar refractivity (Wildman–Crippen MR) is 104 cm³/mol. The summed E-state index contributed by atoms with van der Waals surface area (Å²) < 4.78 is 32.2. The summed E-state index contributed by atoms with van der Waals surface area (Å²) in [6.45, 7) is 1.97. The number of nitrogens with one attached hydrogen (secondary N) is 1. The van der Waals surface area contributed by atoms with Gasteiger partial charge in [-0.2, -0.15) is 0 Å². The number of hydrogen-bond donors (Lipinski definition) is 1. The second kappa shape index (κ2) is 7.63. The zero-order valence-corrected chi connectivity index (χ0v) is 16.7. The third-order valence-corrected chi connectivity index (χ3v) is 6.28. The third-order valence-electron chi connectivity index (χ3n) is 3.60. The quantitative estimate of drug-likeness (QED) is 0.627. The molecule has 7 nitrogen and oxygen atoms in total. The van der Waals surface area contributed by atoms with Crippen LogP contribution in [-0.4, -0.2) is 31.7 Å². The fraction of sp³-hybridized carbons (Fsp3) is 0.118. The Morgan fingerprint density at radius 2 is 1.85 bits per heavy atom. The number of carbonyl (C=O) groups excluding carboxylic acids is 1. The smallest absolute Gasteiger partial charge is 0.339 e. The van der Waals surface area contributed by atoms with E-state index in [4.69, 9.17) is 11.6 Å². The Hall–Kier alpha value is -2.49. The van der Waals surface area contributed by atoms with Crippen molar-refractivity contribution in [2.24, 2.45) is 0 Å². The van der Waals surface area contributed by atoms with Crippen LogP contribution in [0.25, 0.3) is 10.6 Å². The molecule has 0 unspecified atom stereocenters. The van der Waals surface area contributed by atoms with E-state index in [2.05, 4.69) is 19.7 Å². The minimum absolute atomic E-state index is 0.0420. The number of hydrogen-bond acceptors (Lipinski definition) is 7. The van der Waals surface area contributed by atoms with E-state index in [1.807, 2.05) is 31.2 Å². The summed E-state index contributed by atoms with van der Waals surface area (Å²) in [7, 11) is -2.79. The Morgan fingerprint density at radius 1 is 1.15 bits per heavy atom. The van der Waals surface area contributed by atoms with Crippen LogP contribution in [-0.2, 0) is 14.8 Å². The molecular formula is C17H14ClN3O4S2. The average Bonchev–Trinajstić information content (AvgIpc) is 3.09. The van der Waals surface area contributed by atoms with Crippen LogP contribution in [0.3, 0.4) is 0 Å². The van der Waals surface area contributed by atoms with Crippen LogP contribution >= 0.6 is 22.9 Å². The minimum atomic E-state index is -3.98. The molecule has 0 amide bonds. The molecule has 140 valence electrons. The van der Waals surface area contributed by atoms with Crippen LogP contribution in [0.15, 0.2) is 47.4 Å². The molecule has 0 fully saturated rings. The summed E-state index contributed by atoms with van der Waals surface area (Å²) in [5.41, 5.74) is 1.90. The largest absolute Gasteiger partial charge is 0.465 e. The third kappa shape index (κ3) is 4.26. The molecule has 0 radical (unpaired) electrons. The van der Waals surface area contributed by atoms with E-state index >= 15 is 0 Å². The van der Waals surface area contributed by atoms with Gasteiger partial charge in [-0.25, -0.2) is 13.2 Å². The van der Waals surface area contributed by atoms with Gasteiger partial charge in [-0.05, 0) is 25.1 Å². The number of esters is 1. The molecule has 10 heteroatoms. The van der Waals surface area contributed by atoms with Crippen LogP contribution < -0.4 is 4.72 Å². The van der Waals surface area contributed by atoms with Gasteiger partial charge in [-0.3, -0.25) is 4.72 Å². The molecule has 3 aromatic rings. The van der Waals surface area contributed by atoms with Crippen molar-refractivity contribution < 1.29 is 17.9 Å². The molecule has 0 bridgehead atoms. The van der Waals surface area contributed by atoms with Gasteiger partial charge in [0.1, 0.15) is 5.01 Å². The van der Waals surface area contributed by atoms with Crippen molar-refractivity contribution in [3.8, 4) is 10.6 Å². The maximum absolute atomic E-state index is 12.6. The lowest BCUT2D eigenvalue weighted by Gasteiger charge is -2.07. The zero-order chi connectivity index (χ0) is 19.6. The van der Waals surface area contributed by atoms with Gasteiger partial charge >= 0.3 is 5.97 Å². The number of nitrogens with zero attached hydrogens (tertiary/aromatic N) is 2. The summed E-state index contributed by atoms with van der Waals surface area (Å²) in [4.78, 5) is 11.6. The highest BCUT2D eigenvalue weighted by atomic mass is 35.5. The molecule has 0 spiro atoms. The van der Waals surface area contributed by atoms with E-state index in [0.717, 1.165) is 28.5 Å². The van der Waals surface area contributed by atoms with E-state index in [1.54, 1.807) is 0 Å². The molecule has 1 heterocycles. The van der Waals surface area contributed by atoms with Crippen LogP contribution in [0.1, 0.15) is 15.9 Å². The normalized spacial score (nSPS) is 11.2. The number of sulfonamides is 1. The lowest BCUT2D eigenvalue weighted by molar-refractivity contribution is 0.0600. The van der Waals surface area contributed by atoms with Gasteiger partial charge in [0.15, 0.2) is 0 Å². The molecule has 0 atom stereocenters. The van der Waals surface area contributed by atoms with Gasteiger partial charge in [-0.15, -0.1) is 10.2 Å². The van der Waals surface area contributed by atoms with Gasteiger partial charge in [-0.1, -0.05) is 52.8 Å². The van der Waals surface area contributed by atoms with Crippen molar-refractivity contribution in [3.63, 3.8) is 0 Å². The van der Waals surface area contributed by atoms with Crippen molar-refractivity contribution in [3.05, 3.63) is 58.6 Å². The maximum atomic E-state index is 12.6. The van der Waals surface area contributed by atoms with Crippen LogP contribution in [0.4, 0.5) is 5.13 Å². The lowest BCUT2D eigenvalue weighted by atomic mass is 10.2. The maximum Gasteiger partial charge on any atom is 0.339 e. The molecule has 3 rings (SSSR count). The molecule has 0 aliphatic rings. The molecule has 0 saturated carbocycles. The number of carbonyl (C=O) groups is 1. The number of rotatable bonds is 5. The summed E-state index contributed by atoms with van der Waals surface area (Å²) in [5, 5.41) is 8.68. The Kier molecular flexibility index (Phi) is 5.45. The van der Waals surface area contributed by atoms with Crippen LogP contribution in [0, 0.1) is 6.92 Å². The molecule has 1 N–H and O–H groups in total. The van der Waals surface area contributed by atoms with Gasteiger partial charge < -0.3 is 4.74 Å². The van der Waals surface area contributed by atoms with Crippen LogP contribution in [0.5, 0.6) is 0 Å². The lowest BCUT2D eigenvalue weighted by Crippen LogP contribution is -2.14. The molecule has 27 heavy (non-hydrogen) atoms. The van der Waals surface area contributed by atoms with E-state index in [0.29, 0.717) is 5.01 Å². The Balaban J connectivity index is 1.87. The number of aromatic nitrogens is 2. The second-order valence-electron chi connectivity index (χ2n) is 5.52. The van der Waals surface area contributed by atoms with E-state index in [9.17, 15) is 13.2 Å². The second-order valence-corrected chi connectivity index (χ2v) is 8.58. The molecule has 2 aromatic carbocycles. The standard InChI is InChI=1S/C17H14ClN3O4S2/c1-10-3-5-11(6-4-10)15-19-20-17(26-15)21-27(23,24)12-7-8-14(18)13(9-12)16(22)25-2/h3-9H,1-2H3,(H,20,21). The zero-order valence-electron chi connectivity index (χ0n) is 14.3.